The molecule has 1 heterocycles. The fourth-order valence-corrected chi connectivity index (χ4v) is 2.62. The van der Waals surface area contributed by atoms with Gasteiger partial charge in [0.05, 0.1) is 6.26 Å². The number of Topliss-reactive ketones (excluding diaryl/α,β-unsaturated/α-hetero) is 1. The first kappa shape index (κ1) is 17.0. The Morgan fingerprint density at radius 2 is 1.87 bits per heavy atom. The van der Waals surface area contributed by atoms with Crippen molar-refractivity contribution in [2.75, 3.05) is 7.05 Å². The Balaban J connectivity index is 2.05. The molecule has 0 fully saturated rings. The molecule has 0 aliphatic carbocycles. The fourth-order valence-electron chi connectivity index (χ4n) is 2.62. The molecule has 2 atom stereocenters. The molecule has 2 rings (SSSR count). The standard InChI is InChI=1S/C18H21NO4/c1-13(16-9-6-10-23-16)11-15(20)17(18(21)22)19(2)12-14-7-4-3-5-8-14/h3-10,13,17H,11-12H2,1-2H3,(H,21,22). The lowest BCUT2D eigenvalue weighted by molar-refractivity contribution is -0.147. The van der Waals surface area contributed by atoms with E-state index in [2.05, 4.69) is 0 Å². The van der Waals surface area contributed by atoms with E-state index in [1.54, 1.807) is 30.3 Å². The van der Waals surface area contributed by atoms with E-state index in [9.17, 15) is 14.7 Å². The van der Waals surface area contributed by atoms with Crippen molar-refractivity contribution in [1.29, 1.82) is 0 Å². The van der Waals surface area contributed by atoms with Crippen LogP contribution in [-0.2, 0) is 16.1 Å². The van der Waals surface area contributed by atoms with E-state index in [4.69, 9.17) is 4.42 Å². The molecule has 0 saturated heterocycles. The Morgan fingerprint density at radius 1 is 1.17 bits per heavy atom. The molecule has 1 N–H and O–H groups in total. The molecule has 5 heteroatoms. The zero-order valence-electron chi connectivity index (χ0n) is 13.3. The van der Waals surface area contributed by atoms with Crippen LogP contribution in [0.25, 0.3) is 0 Å². The number of nitrogens with zero attached hydrogens (tertiary/aromatic N) is 1. The minimum atomic E-state index is -1.16. The molecule has 1 aromatic heterocycles. The van der Waals surface area contributed by atoms with Crippen molar-refractivity contribution >= 4 is 11.8 Å². The van der Waals surface area contributed by atoms with Crippen molar-refractivity contribution in [3.05, 3.63) is 60.1 Å². The number of ketones is 1. The first-order valence-corrected chi connectivity index (χ1v) is 7.52. The number of carboxylic acids is 1. The van der Waals surface area contributed by atoms with Gasteiger partial charge in [0.15, 0.2) is 11.8 Å². The van der Waals surface area contributed by atoms with Crippen molar-refractivity contribution in [1.82, 2.24) is 4.90 Å². The van der Waals surface area contributed by atoms with Gasteiger partial charge in [0.25, 0.3) is 0 Å². The van der Waals surface area contributed by atoms with Crippen LogP contribution in [0.15, 0.2) is 53.1 Å². The van der Waals surface area contributed by atoms with Gasteiger partial charge in [-0.2, -0.15) is 0 Å². The Labute approximate surface area is 135 Å². The predicted molar refractivity (Wildman–Crippen MR) is 86.1 cm³/mol. The topological polar surface area (TPSA) is 70.8 Å². The summed E-state index contributed by atoms with van der Waals surface area (Å²) < 4.78 is 5.28. The average molecular weight is 315 g/mol. The Morgan fingerprint density at radius 3 is 2.43 bits per heavy atom. The van der Waals surface area contributed by atoms with Crippen molar-refractivity contribution < 1.29 is 19.1 Å². The maximum atomic E-state index is 12.5. The number of benzene rings is 1. The number of carbonyl (C=O) groups is 2. The monoisotopic (exact) mass is 315 g/mol. The van der Waals surface area contributed by atoms with Crippen LogP contribution in [0.5, 0.6) is 0 Å². The van der Waals surface area contributed by atoms with E-state index in [1.807, 2.05) is 37.3 Å². The summed E-state index contributed by atoms with van der Waals surface area (Å²) >= 11 is 0. The second-order valence-corrected chi connectivity index (χ2v) is 5.73. The van der Waals surface area contributed by atoms with Crippen molar-refractivity contribution in [3.8, 4) is 0 Å². The van der Waals surface area contributed by atoms with Crippen LogP contribution in [0.2, 0.25) is 0 Å². The van der Waals surface area contributed by atoms with Crippen LogP contribution in [0, 0.1) is 0 Å². The minimum absolute atomic E-state index is 0.129. The highest BCUT2D eigenvalue weighted by atomic mass is 16.4. The molecule has 2 aromatic rings. The summed E-state index contributed by atoms with van der Waals surface area (Å²) in [5.74, 6) is -0.905. The van der Waals surface area contributed by atoms with Gasteiger partial charge in [0, 0.05) is 18.9 Å². The maximum Gasteiger partial charge on any atom is 0.328 e. The van der Waals surface area contributed by atoms with Gasteiger partial charge in [0.1, 0.15) is 5.76 Å². The SMILES string of the molecule is CC(CC(=O)C(C(=O)O)N(C)Cc1ccccc1)c1ccco1. The van der Waals surface area contributed by atoms with Crippen molar-refractivity contribution in [3.63, 3.8) is 0 Å². The number of hydrogen-bond acceptors (Lipinski definition) is 4. The molecule has 1 aromatic carbocycles. The number of aliphatic carboxylic acids is 1. The Hall–Kier alpha value is -2.40. The van der Waals surface area contributed by atoms with Gasteiger partial charge in [-0.3, -0.25) is 14.5 Å². The highest BCUT2D eigenvalue weighted by Gasteiger charge is 2.31. The fraction of sp³-hybridized carbons (Fsp3) is 0.333. The Kier molecular flexibility index (Phi) is 5.71. The van der Waals surface area contributed by atoms with Gasteiger partial charge >= 0.3 is 5.97 Å². The van der Waals surface area contributed by atoms with Gasteiger partial charge in [-0.1, -0.05) is 37.3 Å². The molecule has 23 heavy (non-hydrogen) atoms. The first-order chi connectivity index (χ1) is 11.0. The lowest BCUT2D eigenvalue weighted by Gasteiger charge is -2.24. The van der Waals surface area contributed by atoms with Gasteiger partial charge in [-0.15, -0.1) is 0 Å². The lowest BCUT2D eigenvalue weighted by atomic mass is 9.97. The lowest BCUT2D eigenvalue weighted by Crippen LogP contribution is -2.44. The molecule has 0 aliphatic heterocycles. The summed E-state index contributed by atoms with van der Waals surface area (Å²) in [6, 6.07) is 11.9. The number of likely N-dealkylation sites (N-methyl/N-ethyl adjacent to an activating group) is 1. The normalized spacial score (nSPS) is 13.7. The number of rotatable bonds is 8. The average Bonchev–Trinajstić information content (AvgIpc) is 3.02. The largest absolute Gasteiger partial charge is 0.480 e. The zero-order chi connectivity index (χ0) is 16.8. The molecule has 0 bridgehead atoms. The van der Waals surface area contributed by atoms with E-state index < -0.39 is 12.0 Å². The van der Waals surface area contributed by atoms with Crippen LogP contribution in [0.3, 0.4) is 0 Å². The second kappa shape index (κ2) is 7.74. The second-order valence-electron chi connectivity index (χ2n) is 5.73. The van der Waals surface area contributed by atoms with E-state index in [0.29, 0.717) is 12.3 Å². The van der Waals surface area contributed by atoms with Gasteiger partial charge in [0.2, 0.25) is 0 Å². The molecule has 0 radical (unpaired) electrons. The van der Waals surface area contributed by atoms with E-state index in [-0.39, 0.29) is 18.1 Å². The number of carbonyl (C=O) groups excluding carboxylic acids is 1. The van der Waals surface area contributed by atoms with E-state index >= 15 is 0 Å². The summed E-state index contributed by atoms with van der Waals surface area (Å²) in [6.07, 6.45) is 1.68. The molecule has 0 spiro atoms. The summed E-state index contributed by atoms with van der Waals surface area (Å²) in [7, 11) is 1.65. The first-order valence-electron chi connectivity index (χ1n) is 7.52. The molecular formula is C18H21NO4. The summed E-state index contributed by atoms with van der Waals surface area (Å²) in [6.45, 7) is 2.26. The number of hydrogen-bond donors (Lipinski definition) is 1. The smallest absolute Gasteiger partial charge is 0.328 e. The quantitative estimate of drug-likeness (QED) is 0.758. The van der Waals surface area contributed by atoms with E-state index in [1.165, 1.54) is 0 Å². The third-order valence-corrected chi connectivity index (χ3v) is 3.79. The highest BCUT2D eigenvalue weighted by molar-refractivity contribution is 6.02. The van der Waals surface area contributed by atoms with Crippen molar-refractivity contribution in [2.45, 2.75) is 31.8 Å². The number of carboxylic acid groups (broad SMARTS) is 1. The third kappa shape index (κ3) is 4.53. The van der Waals surface area contributed by atoms with Crippen LogP contribution in [0.1, 0.15) is 30.6 Å². The molecule has 0 saturated carbocycles. The molecule has 5 nitrogen and oxygen atoms in total. The van der Waals surface area contributed by atoms with Gasteiger partial charge < -0.3 is 9.52 Å². The van der Waals surface area contributed by atoms with Crippen molar-refractivity contribution in [2.24, 2.45) is 0 Å². The zero-order valence-corrected chi connectivity index (χ0v) is 13.3. The summed E-state index contributed by atoms with van der Waals surface area (Å²) in [4.78, 5) is 25.6. The Bertz CT molecular complexity index is 636. The predicted octanol–water partition coefficient (Wildman–Crippen LogP) is 2.93. The van der Waals surface area contributed by atoms with Crippen LogP contribution < -0.4 is 0 Å². The van der Waals surface area contributed by atoms with Crippen LogP contribution in [0.4, 0.5) is 0 Å². The summed E-state index contributed by atoms with van der Waals surface area (Å²) in [5.41, 5.74) is 0.966. The number of furan rings is 1. The molecule has 0 aliphatic rings. The molecule has 0 amide bonds. The van der Waals surface area contributed by atoms with E-state index in [0.717, 1.165) is 5.56 Å². The molecule has 122 valence electrons. The van der Waals surface area contributed by atoms with Crippen LogP contribution in [-0.4, -0.2) is 34.8 Å². The van der Waals surface area contributed by atoms with Crippen LogP contribution >= 0.6 is 0 Å². The molecular weight excluding hydrogens is 294 g/mol. The van der Waals surface area contributed by atoms with Gasteiger partial charge in [-0.25, -0.2) is 0 Å². The minimum Gasteiger partial charge on any atom is -0.480 e. The third-order valence-electron chi connectivity index (χ3n) is 3.79. The summed E-state index contributed by atoms with van der Waals surface area (Å²) in [5, 5.41) is 9.45. The maximum absolute atomic E-state index is 12.5. The highest BCUT2D eigenvalue weighted by Crippen LogP contribution is 2.21. The molecule has 2 unspecified atom stereocenters. The van der Waals surface area contributed by atoms with Gasteiger partial charge in [-0.05, 0) is 24.7 Å².